The van der Waals surface area contributed by atoms with E-state index in [1.165, 1.54) is 0 Å². The first-order chi connectivity index (χ1) is 9.55. The van der Waals surface area contributed by atoms with Crippen LogP contribution in [0, 0.1) is 5.41 Å². The third kappa shape index (κ3) is 3.48. The van der Waals surface area contributed by atoms with Crippen molar-refractivity contribution in [2.24, 2.45) is 5.41 Å². The minimum Gasteiger partial charge on any atom is -0.481 e. The van der Waals surface area contributed by atoms with Gasteiger partial charge in [0.15, 0.2) is 0 Å². The summed E-state index contributed by atoms with van der Waals surface area (Å²) in [4.78, 5) is 22.7. The first-order valence-electron chi connectivity index (χ1n) is 6.57. The highest BCUT2D eigenvalue weighted by molar-refractivity contribution is 5.90. The van der Waals surface area contributed by atoms with Gasteiger partial charge < -0.3 is 21.1 Å². The number of amides is 2. The zero-order chi connectivity index (χ0) is 14.6. The van der Waals surface area contributed by atoms with Crippen LogP contribution in [0.15, 0.2) is 24.3 Å². The van der Waals surface area contributed by atoms with Gasteiger partial charge in [-0.15, -0.1) is 0 Å². The largest absolute Gasteiger partial charge is 0.481 e. The summed E-state index contributed by atoms with van der Waals surface area (Å²) in [6, 6.07) is 7.12. The van der Waals surface area contributed by atoms with E-state index in [9.17, 15) is 9.59 Å². The molecule has 108 valence electrons. The molecule has 0 saturated heterocycles. The van der Waals surface area contributed by atoms with E-state index < -0.39 is 11.4 Å². The van der Waals surface area contributed by atoms with E-state index >= 15 is 0 Å². The number of carbonyl (C=O) groups excluding carboxylic acids is 1. The Morgan fingerprint density at radius 3 is 2.70 bits per heavy atom. The molecule has 0 spiro atoms. The molecule has 0 aromatic heterocycles. The smallest absolute Gasteiger partial charge is 0.319 e. The van der Waals surface area contributed by atoms with E-state index in [2.05, 4.69) is 16.0 Å². The second-order valence-electron chi connectivity index (χ2n) is 5.12. The van der Waals surface area contributed by atoms with Crippen molar-refractivity contribution in [3.05, 3.63) is 29.8 Å². The molecule has 1 aliphatic carbocycles. The molecular weight excluding hydrogens is 258 g/mol. The number of urea groups is 1. The van der Waals surface area contributed by atoms with Gasteiger partial charge in [-0.2, -0.15) is 0 Å². The topological polar surface area (TPSA) is 90.5 Å². The van der Waals surface area contributed by atoms with Gasteiger partial charge in [0.1, 0.15) is 0 Å². The summed E-state index contributed by atoms with van der Waals surface area (Å²) in [6.07, 6.45) is 1.25. The molecule has 0 unspecified atom stereocenters. The van der Waals surface area contributed by atoms with Crippen molar-refractivity contribution in [1.82, 2.24) is 10.6 Å². The Bertz CT molecular complexity index is 512. The van der Waals surface area contributed by atoms with Crippen LogP contribution in [-0.2, 0) is 11.3 Å². The van der Waals surface area contributed by atoms with Crippen LogP contribution < -0.4 is 16.0 Å². The molecule has 0 bridgehead atoms. The van der Waals surface area contributed by atoms with Crippen molar-refractivity contribution in [2.45, 2.75) is 19.4 Å². The minimum atomic E-state index is -0.839. The molecule has 1 aromatic rings. The Morgan fingerprint density at radius 1 is 1.35 bits per heavy atom. The average Bonchev–Trinajstić information content (AvgIpc) is 3.18. The number of aliphatic carboxylic acids is 1. The summed E-state index contributed by atoms with van der Waals surface area (Å²) in [5.41, 5.74) is 1.01. The zero-order valence-electron chi connectivity index (χ0n) is 11.4. The third-order valence-electron chi connectivity index (χ3n) is 3.46. The normalized spacial score (nSPS) is 15.4. The summed E-state index contributed by atoms with van der Waals surface area (Å²) >= 11 is 0. The molecule has 1 aliphatic rings. The lowest BCUT2D eigenvalue weighted by molar-refractivity contribution is -0.143. The predicted molar refractivity (Wildman–Crippen MR) is 75.5 cm³/mol. The quantitative estimate of drug-likeness (QED) is 0.632. The van der Waals surface area contributed by atoms with E-state index in [4.69, 9.17) is 5.11 Å². The SMILES string of the molecule is CNCc1cccc(NC(=O)NCC2(C(=O)O)CC2)c1. The molecule has 6 heteroatoms. The van der Waals surface area contributed by atoms with Crippen LogP contribution in [0.2, 0.25) is 0 Å². The highest BCUT2D eigenvalue weighted by Crippen LogP contribution is 2.45. The van der Waals surface area contributed by atoms with Crippen molar-refractivity contribution in [1.29, 1.82) is 0 Å². The lowest BCUT2D eigenvalue weighted by Gasteiger charge is -2.12. The molecule has 20 heavy (non-hydrogen) atoms. The van der Waals surface area contributed by atoms with E-state index in [-0.39, 0.29) is 12.6 Å². The molecular formula is C14H19N3O3. The lowest BCUT2D eigenvalue weighted by atomic mass is 10.1. The molecule has 4 N–H and O–H groups in total. The van der Waals surface area contributed by atoms with Crippen molar-refractivity contribution in [3.8, 4) is 0 Å². The lowest BCUT2D eigenvalue weighted by Crippen LogP contribution is -2.36. The Kier molecular flexibility index (Phi) is 4.24. The summed E-state index contributed by atoms with van der Waals surface area (Å²) in [5, 5.41) is 17.4. The number of anilines is 1. The van der Waals surface area contributed by atoms with Crippen LogP contribution in [0.5, 0.6) is 0 Å². The number of rotatable bonds is 6. The second-order valence-corrected chi connectivity index (χ2v) is 5.12. The van der Waals surface area contributed by atoms with E-state index in [0.29, 0.717) is 18.5 Å². The number of carboxylic acids is 1. The van der Waals surface area contributed by atoms with Gasteiger partial charge in [0.2, 0.25) is 0 Å². The number of benzene rings is 1. The Morgan fingerprint density at radius 2 is 2.10 bits per heavy atom. The Hall–Kier alpha value is -2.08. The Balaban J connectivity index is 1.85. The molecule has 1 aromatic carbocycles. The van der Waals surface area contributed by atoms with Crippen LogP contribution in [-0.4, -0.2) is 30.7 Å². The maximum atomic E-state index is 11.7. The first kappa shape index (κ1) is 14.3. The average molecular weight is 277 g/mol. The number of carboxylic acid groups (broad SMARTS) is 1. The van der Waals surface area contributed by atoms with Crippen molar-refractivity contribution in [2.75, 3.05) is 18.9 Å². The van der Waals surface area contributed by atoms with Gasteiger partial charge >= 0.3 is 12.0 Å². The van der Waals surface area contributed by atoms with Gasteiger partial charge in [0.25, 0.3) is 0 Å². The molecule has 0 aliphatic heterocycles. The van der Waals surface area contributed by atoms with Gasteiger partial charge in [-0.1, -0.05) is 12.1 Å². The molecule has 2 rings (SSSR count). The maximum absolute atomic E-state index is 11.7. The number of carbonyl (C=O) groups is 2. The molecule has 0 radical (unpaired) electrons. The van der Waals surface area contributed by atoms with Crippen molar-refractivity contribution >= 4 is 17.7 Å². The minimum absolute atomic E-state index is 0.171. The van der Waals surface area contributed by atoms with Gasteiger partial charge in [0, 0.05) is 18.8 Å². The number of hydrogen-bond donors (Lipinski definition) is 4. The van der Waals surface area contributed by atoms with Gasteiger partial charge in [-0.3, -0.25) is 4.79 Å². The summed E-state index contributed by atoms with van der Waals surface area (Å²) < 4.78 is 0. The van der Waals surface area contributed by atoms with E-state index in [1.54, 1.807) is 6.07 Å². The number of hydrogen-bond acceptors (Lipinski definition) is 3. The summed E-state index contributed by atoms with van der Waals surface area (Å²) in [6.45, 7) is 0.892. The fourth-order valence-corrected chi connectivity index (χ4v) is 2.01. The summed E-state index contributed by atoms with van der Waals surface area (Å²) in [7, 11) is 1.85. The third-order valence-corrected chi connectivity index (χ3v) is 3.46. The highest BCUT2D eigenvalue weighted by atomic mass is 16.4. The fraction of sp³-hybridized carbons (Fsp3) is 0.429. The van der Waals surface area contributed by atoms with E-state index in [1.807, 2.05) is 25.2 Å². The molecule has 0 heterocycles. The molecule has 1 fully saturated rings. The Labute approximate surface area is 117 Å². The first-order valence-corrected chi connectivity index (χ1v) is 6.57. The van der Waals surface area contributed by atoms with Gasteiger partial charge in [0.05, 0.1) is 5.41 Å². The number of nitrogens with one attached hydrogen (secondary N) is 3. The molecule has 1 saturated carbocycles. The monoisotopic (exact) mass is 277 g/mol. The van der Waals surface area contributed by atoms with Crippen LogP contribution in [0.25, 0.3) is 0 Å². The molecule has 0 atom stereocenters. The fourth-order valence-electron chi connectivity index (χ4n) is 2.01. The van der Waals surface area contributed by atoms with Crippen LogP contribution in [0.1, 0.15) is 18.4 Å². The van der Waals surface area contributed by atoms with Crippen LogP contribution >= 0.6 is 0 Å². The summed E-state index contributed by atoms with van der Waals surface area (Å²) in [5.74, 6) is -0.839. The maximum Gasteiger partial charge on any atom is 0.319 e. The predicted octanol–water partition coefficient (Wildman–Crippen LogP) is 1.39. The second kappa shape index (κ2) is 5.92. The zero-order valence-corrected chi connectivity index (χ0v) is 11.4. The van der Waals surface area contributed by atoms with Gasteiger partial charge in [-0.25, -0.2) is 4.79 Å². The molecule has 6 nitrogen and oxygen atoms in total. The van der Waals surface area contributed by atoms with Crippen molar-refractivity contribution in [3.63, 3.8) is 0 Å². The standard InChI is InChI=1S/C14H19N3O3/c1-15-8-10-3-2-4-11(7-10)17-13(20)16-9-14(5-6-14)12(18)19/h2-4,7,15H,5-6,8-9H2,1H3,(H,18,19)(H2,16,17,20). The van der Waals surface area contributed by atoms with Crippen LogP contribution in [0.3, 0.4) is 0 Å². The van der Waals surface area contributed by atoms with Crippen LogP contribution in [0.4, 0.5) is 10.5 Å². The van der Waals surface area contributed by atoms with E-state index in [0.717, 1.165) is 12.1 Å². The highest BCUT2D eigenvalue weighted by Gasteiger charge is 2.50. The van der Waals surface area contributed by atoms with Crippen molar-refractivity contribution < 1.29 is 14.7 Å². The molecule has 2 amide bonds. The van der Waals surface area contributed by atoms with Gasteiger partial charge in [-0.05, 0) is 37.6 Å².